The number of hydrogen-bond donors (Lipinski definition) is 2. The summed E-state index contributed by atoms with van der Waals surface area (Å²) in [5, 5.41) is 3.03. The van der Waals surface area contributed by atoms with Crippen molar-refractivity contribution in [2.75, 3.05) is 12.8 Å². The van der Waals surface area contributed by atoms with Crippen LogP contribution in [0, 0.1) is 5.92 Å². The maximum atomic E-state index is 12.4. The lowest BCUT2D eigenvalue weighted by atomic mass is 9.90. The minimum Gasteiger partial charge on any atom is -0.346 e. The molecule has 126 valence electrons. The summed E-state index contributed by atoms with van der Waals surface area (Å²) in [4.78, 5) is 12.4. The number of carbonyl (C=O) groups is 1. The van der Waals surface area contributed by atoms with E-state index >= 15 is 0 Å². The van der Waals surface area contributed by atoms with Crippen LogP contribution < -0.4 is 11.1 Å². The quantitative estimate of drug-likeness (QED) is 0.796. The van der Waals surface area contributed by atoms with Crippen LogP contribution in [-0.2, 0) is 16.6 Å². The SMILES string of the molecule is CC(C)CC(C)(CN)NC(=O)c1cccc(CS(C)=O)c1.Cl. The van der Waals surface area contributed by atoms with Gasteiger partial charge in [0.15, 0.2) is 0 Å². The summed E-state index contributed by atoms with van der Waals surface area (Å²) in [6.45, 7) is 6.58. The molecule has 0 bridgehead atoms. The summed E-state index contributed by atoms with van der Waals surface area (Å²) in [6, 6.07) is 7.26. The summed E-state index contributed by atoms with van der Waals surface area (Å²) in [6.07, 6.45) is 2.48. The third-order valence-electron chi connectivity index (χ3n) is 3.28. The molecule has 2 unspecified atom stereocenters. The third kappa shape index (κ3) is 6.90. The highest BCUT2D eigenvalue weighted by Crippen LogP contribution is 2.16. The van der Waals surface area contributed by atoms with Gasteiger partial charge < -0.3 is 11.1 Å². The number of carbonyl (C=O) groups excluding carboxylic acids is 1. The molecule has 1 aromatic rings. The van der Waals surface area contributed by atoms with Crippen molar-refractivity contribution < 1.29 is 9.00 Å². The maximum absolute atomic E-state index is 12.4. The fourth-order valence-corrected chi connectivity index (χ4v) is 3.12. The molecule has 0 radical (unpaired) electrons. The Balaban J connectivity index is 0.00000441. The zero-order valence-electron chi connectivity index (χ0n) is 13.7. The average molecular weight is 347 g/mol. The molecule has 0 fully saturated rings. The number of halogens is 1. The molecular weight excluding hydrogens is 320 g/mol. The molecule has 0 aliphatic rings. The van der Waals surface area contributed by atoms with Gasteiger partial charge in [-0.3, -0.25) is 9.00 Å². The first kappa shape index (κ1) is 21.1. The molecule has 0 aromatic heterocycles. The Morgan fingerprint density at radius 2 is 2.05 bits per heavy atom. The average Bonchev–Trinajstić information content (AvgIpc) is 2.37. The molecule has 1 aromatic carbocycles. The van der Waals surface area contributed by atoms with Gasteiger partial charge in [-0.2, -0.15) is 0 Å². The molecular formula is C16H27ClN2O2S. The Labute approximate surface area is 142 Å². The van der Waals surface area contributed by atoms with Crippen LogP contribution in [0.5, 0.6) is 0 Å². The fourth-order valence-electron chi connectivity index (χ4n) is 2.47. The topological polar surface area (TPSA) is 72.2 Å². The first-order valence-corrected chi connectivity index (χ1v) is 8.90. The van der Waals surface area contributed by atoms with Crippen LogP contribution in [0.1, 0.15) is 43.1 Å². The largest absolute Gasteiger partial charge is 0.346 e. The standard InChI is InChI=1S/C16H26N2O2S.ClH/c1-12(2)9-16(3,11-17)18-15(19)14-7-5-6-13(8-14)10-21(4)20;/h5-8,12H,9-11,17H2,1-4H3,(H,18,19);1H. The monoisotopic (exact) mass is 346 g/mol. The highest BCUT2D eigenvalue weighted by molar-refractivity contribution is 7.83. The predicted molar refractivity (Wildman–Crippen MR) is 95.8 cm³/mol. The first-order valence-electron chi connectivity index (χ1n) is 7.17. The van der Waals surface area contributed by atoms with E-state index in [0.29, 0.717) is 23.8 Å². The Bertz CT molecular complexity index is 523. The molecule has 0 spiro atoms. The van der Waals surface area contributed by atoms with Gasteiger partial charge in [0.05, 0.1) is 0 Å². The van der Waals surface area contributed by atoms with Crippen molar-refractivity contribution in [3.05, 3.63) is 35.4 Å². The fraction of sp³-hybridized carbons (Fsp3) is 0.562. The van der Waals surface area contributed by atoms with Gasteiger partial charge in [0, 0.05) is 40.5 Å². The zero-order chi connectivity index (χ0) is 16.0. The van der Waals surface area contributed by atoms with E-state index in [4.69, 9.17) is 5.73 Å². The number of benzene rings is 1. The van der Waals surface area contributed by atoms with Crippen molar-refractivity contribution in [2.24, 2.45) is 11.7 Å². The van der Waals surface area contributed by atoms with Crippen molar-refractivity contribution in [2.45, 2.75) is 38.5 Å². The maximum Gasteiger partial charge on any atom is 0.251 e. The predicted octanol–water partition coefficient (Wildman–Crippen LogP) is 2.48. The second-order valence-electron chi connectivity index (χ2n) is 6.23. The van der Waals surface area contributed by atoms with Gasteiger partial charge in [-0.25, -0.2) is 0 Å². The van der Waals surface area contributed by atoms with E-state index in [-0.39, 0.29) is 18.3 Å². The molecule has 0 heterocycles. The van der Waals surface area contributed by atoms with E-state index in [1.807, 2.05) is 19.1 Å². The van der Waals surface area contributed by atoms with Crippen LogP contribution in [0.2, 0.25) is 0 Å². The van der Waals surface area contributed by atoms with Gasteiger partial charge in [0.2, 0.25) is 0 Å². The van der Waals surface area contributed by atoms with Gasteiger partial charge in [-0.15, -0.1) is 12.4 Å². The van der Waals surface area contributed by atoms with E-state index < -0.39 is 16.3 Å². The number of amides is 1. The molecule has 2 atom stereocenters. The highest BCUT2D eigenvalue weighted by atomic mass is 35.5. The van der Waals surface area contributed by atoms with Gasteiger partial charge >= 0.3 is 0 Å². The number of nitrogens with one attached hydrogen (secondary N) is 1. The van der Waals surface area contributed by atoms with Crippen molar-refractivity contribution in [3.8, 4) is 0 Å². The number of nitrogens with two attached hydrogens (primary N) is 1. The molecule has 1 amide bonds. The Kier molecular flexibility index (Phi) is 8.89. The minimum absolute atomic E-state index is 0. The first-order chi connectivity index (χ1) is 9.75. The molecule has 6 heteroatoms. The van der Waals surface area contributed by atoms with Gasteiger partial charge in [-0.05, 0) is 37.0 Å². The van der Waals surface area contributed by atoms with Crippen LogP contribution >= 0.6 is 12.4 Å². The second-order valence-corrected chi connectivity index (χ2v) is 7.67. The molecule has 0 saturated carbocycles. The van der Waals surface area contributed by atoms with Gasteiger partial charge in [0.1, 0.15) is 0 Å². The third-order valence-corrected chi connectivity index (χ3v) is 4.02. The van der Waals surface area contributed by atoms with Gasteiger partial charge in [-0.1, -0.05) is 26.0 Å². The molecule has 0 aliphatic heterocycles. The number of rotatable bonds is 7. The lowest BCUT2D eigenvalue weighted by Crippen LogP contribution is -2.52. The van der Waals surface area contributed by atoms with E-state index in [1.165, 1.54) is 0 Å². The molecule has 0 saturated heterocycles. The Morgan fingerprint density at radius 1 is 1.41 bits per heavy atom. The summed E-state index contributed by atoms with van der Waals surface area (Å²) in [5.74, 6) is 0.779. The van der Waals surface area contributed by atoms with Crippen molar-refractivity contribution in [3.63, 3.8) is 0 Å². The van der Waals surface area contributed by atoms with Crippen LogP contribution in [0.25, 0.3) is 0 Å². The van der Waals surface area contributed by atoms with E-state index in [2.05, 4.69) is 19.2 Å². The van der Waals surface area contributed by atoms with Crippen molar-refractivity contribution in [1.29, 1.82) is 0 Å². The summed E-state index contributed by atoms with van der Waals surface area (Å²) in [5.41, 5.74) is 6.90. The van der Waals surface area contributed by atoms with Crippen LogP contribution in [0.3, 0.4) is 0 Å². The van der Waals surface area contributed by atoms with Crippen LogP contribution in [-0.4, -0.2) is 28.5 Å². The molecule has 4 nitrogen and oxygen atoms in total. The number of hydrogen-bond acceptors (Lipinski definition) is 3. The van der Waals surface area contributed by atoms with Gasteiger partial charge in [0.25, 0.3) is 5.91 Å². The van der Waals surface area contributed by atoms with E-state index in [0.717, 1.165) is 12.0 Å². The van der Waals surface area contributed by atoms with Crippen LogP contribution in [0.4, 0.5) is 0 Å². The smallest absolute Gasteiger partial charge is 0.251 e. The lowest BCUT2D eigenvalue weighted by Gasteiger charge is -2.31. The zero-order valence-corrected chi connectivity index (χ0v) is 15.4. The second kappa shape index (κ2) is 9.28. The summed E-state index contributed by atoms with van der Waals surface area (Å²) < 4.78 is 11.3. The minimum atomic E-state index is -0.918. The molecule has 3 N–H and O–H groups in total. The Hall–Kier alpha value is -0.910. The molecule has 0 aliphatic carbocycles. The molecule has 1 rings (SSSR count). The normalized spacial score (nSPS) is 14.8. The highest BCUT2D eigenvalue weighted by Gasteiger charge is 2.26. The lowest BCUT2D eigenvalue weighted by molar-refractivity contribution is 0.0898. The summed E-state index contributed by atoms with van der Waals surface area (Å²) >= 11 is 0. The van der Waals surface area contributed by atoms with Crippen LogP contribution in [0.15, 0.2) is 24.3 Å². The van der Waals surface area contributed by atoms with Crippen molar-refractivity contribution in [1.82, 2.24) is 5.32 Å². The molecule has 22 heavy (non-hydrogen) atoms. The summed E-state index contributed by atoms with van der Waals surface area (Å²) in [7, 11) is -0.918. The Morgan fingerprint density at radius 3 is 2.55 bits per heavy atom. The van der Waals surface area contributed by atoms with Crippen molar-refractivity contribution >= 4 is 29.1 Å². The van der Waals surface area contributed by atoms with E-state index in [1.54, 1.807) is 18.4 Å². The van der Waals surface area contributed by atoms with E-state index in [9.17, 15) is 9.00 Å².